The van der Waals surface area contributed by atoms with E-state index in [0.717, 1.165) is 5.75 Å². The van der Waals surface area contributed by atoms with Gasteiger partial charge in [-0.2, -0.15) is 0 Å². The summed E-state index contributed by atoms with van der Waals surface area (Å²) in [5.41, 5.74) is 2.74. The summed E-state index contributed by atoms with van der Waals surface area (Å²) in [6.07, 6.45) is 0.640. The van der Waals surface area contributed by atoms with Crippen molar-refractivity contribution in [1.82, 2.24) is 0 Å². The Morgan fingerprint density at radius 1 is 1.00 bits per heavy atom. The third-order valence-electron chi connectivity index (χ3n) is 5.62. The van der Waals surface area contributed by atoms with Gasteiger partial charge in [-0.1, -0.05) is 17.7 Å². The molecule has 0 unspecified atom stereocenters. The molecule has 0 saturated carbocycles. The molecule has 182 valence electrons. The first-order valence-corrected chi connectivity index (χ1v) is 11.3. The fraction of sp³-hybridized carbons (Fsp3) is 0.259. The van der Waals surface area contributed by atoms with Gasteiger partial charge in [-0.15, -0.1) is 0 Å². The van der Waals surface area contributed by atoms with Gasteiger partial charge in [0.2, 0.25) is 0 Å². The zero-order chi connectivity index (χ0) is 24.8. The van der Waals surface area contributed by atoms with E-state index in [-0.39, 0.29) is 18.4 Å². The second-order valence-electron chi connectivity index (χ2n) is 8.06. The van der Waals surface area contributed by atoms with Crippen LogP contribution in [0.15, 0.2) is 60.7 Å². The van der Waals surface area contributed by atoms with Crippen molar-refractivity contribution < 1.29 is 28.5 Å². The second kappa shape index (κ2) is 10.8. The number of aryl methyl sites for hydroxylation is 1. The topological polar surface area (TPSA) is 86.3 Å². The first-order valence-electron chi connectivity index (χ1n) is 11.3. The Kier molecular flexibility index (Phi) is 7.40. The zero-order valence-corrected chi connectivity index (χ0v) is 20.0. The molecular weight excluding hydrogens is 448 g/mol. The van der Waals surface area contributed by atoms with Crippen LogP contribution in [-0.4, -0.2) is 45.8 Å². The summed E-state index contributed by atoms with van der Waals surface area (Å²) in [6, 6.07) is 18.0. The SMILES string of the molecule is COc1ccc(C(=O)Nc2ccc3c(c2)N(CCCOc2ccc(C)cc2)C(=O)CO3)cc1OC. The van der Waals surface area contributed by atoms with Crippen molar-refractivity contribution in [2.45, 2.75) is 13.3 Å². The van der Waals surface area contributed by atoms with E-state index in [1.807, 2.05) is 31.2 Å². The maximum atomic E-state index is 12.8. The normalized spacial score (nSPS) is 12.4. The van der Waals surface area contributed by atoms with Gasteiger partial charge < -0.3 is 29.2 Å². The summed E-state index contributed by atoms with van der Waals surface area (Å²) in [6.45, 7) is 2.94. The van der Waals surface area contributed by atoms with Crippen molar-refractivity contribution in [3.05, 3.63) is 71.8 Å². The van der Waals surface area contributed by atoms with Gasteiger partial charge in [0, 0.05) is 17.8 Å². The van der Waals surface area contributed by atoms with Crippen molar-refractivity contribution in [2.75, 3.05) is 44.2 Å². The van der Waals surface area contributed by atoms with Gasteiger partial charge in [0.05, 0.1) is 26.5 Å². The molecule has 35 heavy (non-hydrogen) atoms. The van der Waals surface area contributed by atoms with Gasteiger partial charge in [0.15, 0.2) is 18.1 Å². The van der Waals surface area contributed by atoms with Crippen LogP contribution >= 0.6 is 0 Å². The number of anilines is 2. The summed E-state index contributed by atoms with van der Waals surface area (Å²) in [7, 11) is 3.05. The van der Waals surface area contributed by atoms with E-state index >= 15 is 0 Å². The largest absolute Gasteiger partial charge is 0.494 e. The standard InChI is InChI=1S/C27H28N2O6/c1-18-5-9-21(10-6-18)34-14-4-13-29-22-16-20(8-12-23(22)35-17-26(29)30)28-27(31)19-7-11-24(32-2)25(15-19)33-3/h5-12,15-16H,4,13-14,17H2,1-3H3,(H,28,31). The molecule has 0 saturated heterocycles. The van der Waals surface area contributed by atoms with E-state index in [1.165, 1.54) is 19.8 Å². The lowest BCUT2D eigenvalue weighted by Gasteiger charge is -2.30. The van der Waals surface area contributed by atoms with Crippen molar-refractivity contribution >= 4 is 23.2 Å². The van der Waals surface area contributed by atoms with Gasteiger partial charge in [0.1, 0.15) is 11.5 Å². The Morgan fingerprint density at radius 2 is 1.77 bits per heavy atom. The van der Waals surface area contributed by atoms with Gasteiger partial charge in [-0.25, -0.2) is 0 Å². The summed E-state index contributed by atoms with van der Waals surface area (Å²) in [5, 5.41) is 2.87. The van der Waals surface area contributed by atoms with Crippen LogP contribution in [0.3, 0.4) is 0 Å². The molecule has 1 aliphatic heterocycles. The molecule has 8 nitrogen and oxygen atoms in total. The number of benzene rings is 3. The predicted molar refractivity (Wildman–Crippen MR) is 133 cm³/mol. The van der Waals surface area contributed by atoms with Gasteiger partial charge in [0.25, 0.3) is 11.8 Å². The predicted octanol–water partition coefficient (Wildman–Crippen LogP) is 4.46. The van der Waals surface area contributed by atoms with E-state index in [0.29, 0.717) is 53.8 Å². The molecule has 0 atom stereocenters. The molecule has 0 spiro atoms. The van der Waals surface area contributed by atoms with E-state index in [1.54, 1.807) is 41.3 Å². The molecule has 1 N–H and O–H groups in total. The quantitative estimate of drug-likeness (QED) is 0.459. The number of nitrogens with one attached hydrogen (secondary N) is 1. The lowest BCUT2D eigenvalue weighted by molar-refractivity contribution is -0.121. The minimum atomic E-state index is -0.313. The Morgan fingerprint density at radius 3 is 2.51 bits per heavy atom. The molecule has 0 aromatic heterocycles. The van der Waals surface area contributed by atoms with Crippen molar-refractivity contribution in [3.8, 4) is 23.0 Å². The Labute approximate surface area is 204 Å². The fourth-order valence-electron chi connectivity index (χ4n) is 3.75. The van der Waals surface area contributed by atoms with Gasteiger partial charge in [-0.05, 0) is 61.9 Å². The number of amides is 2. The van der Waals surface area contributed by atoms with Crippen molar-refractivity contribution in [1.29, 1.82) is 0 Å². The molecule has 0 radical (unpaired) electrons. The lowest BCUT2D eigenvalue weighted by atomic mass is 10.1. The van der Waals surface area contributed by atoms with E-state index < -0.39 is 0 Å². The average molecular weight is 477 g/mol. The van der Waals surface area contributed by atoms with Gasteiger partial charge in [-0.3, -0.25) is 9.59 Å². The number of nitrogens with zero attached hydrogens (tertiary/aromatic N) is 1. The van der Waals surface area contributed by atoms with Crippen molar-refractivity contribution in [2.24, 2.45) is 0 Å². The fourth-order valence-corrected chi connectivity index (χ4v) is 3.75. The molecule has 0 fully saturated rings. The summed E-state index contributed by atoms with van der Waals surface area (Å²) in [4.78, 5) is 27.1. The molecule has 3 aromatic carbocycles. The summed E-state index contributed by atoms with van der Waals surface area (Å²) >= 11 is 0. The maximum Gasteiger partial charge on any atom is 0.265 e. The Hall–Kier alpha value is -4.20. The van der Waals surface area contributed by atoms with Crippen LogP contribution in [0.1, 0.15) is 22.3 Å². The number of hydrogen-bond acceptors (Lipinski definition) is 6. The maximum absolute atomic E-state index is 12.8. The molecule has 8 heteroatoms. The molecule has 1 aliphatic rings. The van der Waals surface area contributed by atoms with Gasteiger partial charge >= 0.3 is 0 Å². The number of ether oxygens (including phenoxy) is 4. The first kappa shape index (κ1) is 23.9. The molecule has 2 amide bonds. The summed E-state index contributed by atoms with van der Waals surface area (Å²) < 4.78 is 21.9. The number of carbonyl (C=O) groups excluding carboxylic acids is 2. The van der Waals surface area contributed by atoms with Crippen LogP contribution in [0.25, 0.3) is 0 Å². The second-order valence-corrected chi connectivity index (χ2v) is 8.06. The summed E-state index contributed by atoms with van der Waals surface area (Å²) in [5.74, 6) is 1.93. The average Bonchev–Trinajstić information content (AvgIpc) is 2.88. The zero-order valence-electron chi connectivity index (χ0n) is 20.0. The highest BCUT2D eigenvalue weighted by molar-refractivity contribution is 6.05. The molecule has 4 rings (SSSR count). The smallest absolute Gasteiger partial charge is 0.265 e. The van der Waals surface area contributed by atoms with E-state index in [4.69, 9.17) is 18.9 Å². The molecule has 0 aliphatic carbocycles. The highest BCUT2D eigenvalue weighted by atomic mass is 16.5. The number of carbonyl (C=O) groups is 2. The number of methoxy groups -OCH3 is 2. The van der Waals surface area contributed by atoms with Crippen LogP contribution in [-0.2, 0) is 4.79 Å². The third kappa shape index (κ3) is 5.66. The number of fused-ring (bicyclic) bond motifs is 1. The Balaban J connectivity index is 1.43. The van der Waals surface area contributed by atoms with Crippen LogP contribution in [0.4, 0.5) is 11.4 Å². The highest BCUT2D eigenvalue weighted by Gasteiger charge is 2.26. The van der Waals surface area contributed by atoms with Crippen LogP contribution in [0, 0.1) is 6.92 Å². The number of rotatable bonds is 9. The molecule has 0 bridgehead atoms. The van der Waals surface area contributed by atoms with Crippen LogP contribution in [0.5, 0.6) is 23.0 Å². The van der Waals surface area contributed by atoms with E-state index in [9.17, 15) is 9.59 Å². The molecule has 3 aromatic rings. The van der Waals surface area contributed by atoms with Crippen LogP contribution < -0.4 is 29.2 Å². The number of hydrogen-bond donors (Lipinski definition) is 1. The molecule has 1 heterocycles. The monoisotopic (exact) mass is 476 g/mol. The minimum absolute atomic E-state index is 0.0246. The first-order chi connectivity index (χ1) is 17.0. The minimum Gasteiger partial charge on any atom is -0.494 e. The highest BCUT2D eigenvalue weighted by Crippen LogP contribution is 2.35. The lowest BCUT2D eigenvalue weighted by Crippen LogP contribution is -2.39. The van der Waals surface area contributed by atoms with Crippen LogP contribution in [0.2, 0.25) is 0 Å². The van der Waals surface area contributed by atoms with Crippen molar-refractivity contribution in [3.63, 3.8) is 0 Å². The molecular formula is C27H28N2O6. The Bertz CT molecular complexity index is 1210. The van der Waals surface area contributed by atoms with E-state index in [2.05, 4.69) is 5.32 Å². The third-order valence-corrected chi connectivity index (χ3v) is 5.62.